The van der Waals surface area contributed by atoms with Gasteiger partial charge in [0.15, 0.2) is 0 Å². The van der Waals surface area contributed by atoms with Crippen molar-refractivity contribution in [3.8, 4) is 10.6 Å². The van der Waals surface area contributed by atoms with Gasteiger partial charge in [0.05, 0.1) is 11.4 Å². The molecule has 1 saturated heterocycles. The quantitative estimate of drug-likeness (QED) is 0.678. The van der Waals surface area contributed by atoms with E-state index in [2.05, 4.69) is 43.6 Å². The first-order valence-electron chi connectivity index (χ1n) is 9.71. The molecule has 0 spiro atoms. The lowest BCUT2D eigenvalue weighted by molar-refractivity contribution is 0.102. The number of nitrogens with one attached hydrogen (secondary N) is 2. The Morgan fingerprint density at radius 3 is 2.72 bits per heavy atom. The number of nitrogens with zero attached hydrogens (tertiary/aromatic N) is 3. The van der Waals surface area contributed by atoms with Crippen LogP contribution in [0.3, 0.4) is 0 Å². The Hall–Kier alpha value is -2.90. The van der Waals surface area contributed by atoms with Gasteiger partial charge >= 0.3 is 0 Å². The molecular weight excluding hydrogens is 382 g/mol. The Balaban J connectivity index is 1.53. The predicted octanol–water partition coefficient (Wildman–Crippen LogP) is 3.54. The van der Waals surface area contributed by atoms with Crippen LogP contribution in [0, 0.1) is 0 Å². The topological polar surface area (TPSA) is 60.5 Å². The number of amides is 1. The summed E-state index contributed by atoms with van der Waals surface area (Å²) < 4.78 is 0. The average molecular weight is 408 g/mol. The van der Waals surface area contributed by atoms with Gasteiger partial charge in [0, 0.05) is 56.9 Å². The van der Waals surface area contributed by atoms with Crippen molar-refractivity contribution in [2.75, 3.05) is 55.4 Å². The van der Waals surface area contributed by atoms with Crippen LogP contribution in [0.15, 0.2) is 53.9 Å². The van der Waals surface area contributed by atoms with Crippen molar-refractivity contribution in [2.24, 2.45) is 0 Å². The van der Waals surface area contributed by atoms with Gasteiger partial charge in [0.1, 0.15) is 10.7 Å². The number of hydrogen-bond donors (Lipinski definition) is 2. The average Bonchev–Trinajstić information content (AvgIpc) is 3.25. The molecule has 2 heterocycles. The SMILES string of the molecule is CN(C)c1cccc(-c2nc(C(=O)Nc3ccccc3N3CCNCC3)cs2)c1. The second-order valence-corrected chi connectivity index (χ2v) is 8.05. The Labute approximate surface area is 175 Å². The van der Waals surface area contributed by atoms with Crippen LogP contribution in [0.4, 0.5) is 17.1 Å². The van der Waals surface area contributed by atoms with Crippen molar-refractivity contribution in [1.82, 2.24) is 10.3 Å². The standard InChI is InChI=1S/C22H25N5OS/c1-26(2)17-7-5-6-16(14-17)22-25-19(15-29-22)21(28)24-18-8-3-4-9-20(18)27-12-10-23-11-13-27/h3-9,14-15,23H,10-13H2,1-2H3,(H,24,28). The number of piperazine rings is 1. The monoisotopic (exact) mass is 407 g/mol. The molecule has 2 aromatic carbocycles. The maximum absolute atomic E-state index is 12.9. The first-order chi connectivity index (χ1) is 14.1. The van der Waals surface area contributed by atoms with E-state index in [1.54, 1.807) is 0 Å². The number of hydrogen-bond acceptors (Lipinski definition) is 6. The molecule has 1 aliphatic rings. The molecule has 6 nitrogen and oxygen atoms in total. The smallest absolute Gasteiger partial charge is 0.275 e. The number of rotatable bonds is 5. The molecule has 0 aliphatic carbocycles. The van der Waals surface area contributed by atoms with Gasteiger partial charge in [-0.1, -0.05) is 24.3 Å². The fourth-order valence-corrected chi connectivity index (χ4v) is 4.17. The van der Waals surface area contributed by atoms with E-state index in [1.165, 1.54) is 11.3 Å². The van der Waals surface area contributed by atoms with Crippen LogP contribution in [0.5, 0.6) is 0 Å². The van der Waals surface area contributed by atoms with Crippen molar-refractivity contribution in [3.05, 3.63) is 59.6 Å². The Morgan fingerprint density at radius 2 is 1.93 bits per heavy atom. The molecule has 0 atom stereocenters. The second-order valence-electron chi connectivity index (χ2n) is 7.19. The van der Waals surface area contributed by atoms with Crippen LogP contribution in [-0.4, -0.2) is 51.2 Å². The highest BCUT2D eigenvalue weighted by molar-refractivity contribution is 7.13. The van der Waals surface area contributed by atoms with Crippen LogP contribution in [-0.2, 0) is 0 Å². The molecule has 1 amide bonds. The van der Waals surface area contributed by atoms with Crippen molar-refractivity contribution in [1.29, 1.82) is 0 Å². The molecule has 4 rings (SSSR count). The molecule has 0 bridgehead atoms. The number of anilines is 3. The number of thiazole rings is 1. The molecule has 1 aromatic heterocycles. The van der Waals surface area contributed by atoms with E-state index in [9.17, 15) is 4.79 Å². The molecule has 0 saturated carbocycles. The van der Waals surface area contributed by atoms with Crippen LogP contribution < -0.4 is 20.4 Å². The second kappa shape index (κ2) is 8.63. The summed E-state index contributed by atoms with van der Waals surface area (Å²) in [4.78, 5) is 21.8. The van der Waals surface area contributed by atoms with Crippen molar-refractivity contribution in [2.45, 2.75) is 0 Å². The summed E-state index contributed by atoms with van der Waals surface area (Å²) in [6, 6.07) is 16.1. The highest BCUT2D eigenvalue weighted by Gasteiger charge is 2.17. The highest BCUT2D eigenvalue weighted by atomic mass is 32.1. The van der Waals surface area contributed by atoms with E-state index in [-0.39, 0.29) is 5.91 Å². The third-order valence-corrected chi connectivity index (χ3v) is 5.85. The first kappa shape index (κ1) is 19.4. The normalized spacial score (nSPS) is 13.9. The van der Waals surface area contributed by atoms with Crippen LogP contribution in [0.25, 0.3) is 10.6 Å². The molecule has 1 aliphatic heterocycles. The zero-order valence-electron chi connectivity index (χ0n) is 16.7. The van der Waals surface area contributed by atoms with Gasteiger partial charge in [0.25, 0.3) is 5.91 Å². The molecule has 29 heavy (non-hydrogen) atoms. The fraction of sp³-hybridized carbons (Fsp3) is 0.273. The number of benzene rings is 2. The molecular formula is C22H25N5OS. The Kier molecular flexibility index (Phi) is 5.78. The van der Waals surface area contributed by atoms with Gasteiger partial charge in [0.2, 0.25) is 0 Å². The summed E-state index contributed by atoms with van der Waals surface area (Å²) in [5.41, 5.74) is 4.44. The molecule has 1 fully saturated rings. The molecule has 150 valence electrons. The molecule has 2 N–H and O–H groups in total. The van der Waals surface area contributed by atoms with Gasteiger partial charge in [-0.3, -0.25) is 4.79 Å². The summed E-state index contributed by atoms with van der Waals surface area (Å²) >= 11 is 1.49. The minimum Gasteiger partial charge on any atom is -0.378 e. The van der Waals surface area contributed by atoms with Crippen LogP contribution in [0.2, 0.25) is 0 Å². The summed E-state index contributed by atoms with van der Waals surface area (Å²) in [5.74, 6) is -0.182. The van der Waals surface area contributed by atoms with Crippen molar-refractivity contribution < 1.29 is 4.79 Å². The van der Waals surface area contributed by atoms with E-state index in [0.717, 1.165) is 53.8 Å². The van der Waals surface area contributed by atoms with Gasteiger partial charge in [-0.25, -0.2) is 4.98 Å². The third-order valence-electron chi connectivity index (χ3n) is 4.96. The largest absolute Gasteiger partial charge is 0.378 e. The molecule has 0 unspecified atom stereocenters. The summed E-state index contributed by atoms with van der Waals surface area (Å²) in [7, 11) is 4.02. The molecule has 0 radical (unpaired) electrons. The minimum absolute atomic E-state index is 0.182. The minimum atomic E-state index is -0.182. The van der Waals surface area contributed by atoms with Gasteiger partial charge in [-0.05, 0) is 24.3 Å². The van der Waals surface area contributed by atoms with E-state index in [0.29, 0.717) is 5.69 Å². The van der Waals surface area contributed by atoms with Crippen LogP contribution >= 0.6 is 11.3 Å². The number of carbonyl (C=O) groups is 1. The van der Waals surface area contributed by atoms with E-state index in [4.69, 9.17) is 0 Å². The zero-order valence-corrected chi connectivity index (χ0v) is 17.5. The lowest BCUT2D eigenvalue weighted by Gasteiger charge is -2.31. The number of carbonyl (C=O) groups excluding carboxylic acids is 1. The summed E-state index contributed by atoms with van der Waals surface area (Å²) in [6.45, 7) is 3.75. The Morgan fingerprint density at radius 1 is 1.14 bits per heavy atom. The lowest BCUT2D eigenvalue weighted by Crippen LogP contribution is -2.43. The maximum atomic E-state index is 12.9. The summed E-state index contributed by atoms with van der Waals surface area (Å²) in [5, 5.41) is 9.07. The lowest BCUT2D eigenvalue weighted by atomic mass is 10.2. The van der Waals surface area contributed by atoms with Gasteiger partial charge in [-0.15, -0.1) is 11.3 Å². The molecule has 3 aromatic rings. The van der Waals surface area contributed by atoms with Gasteiger partial charge < -0.3 is 20.4 Å². The Bertz CT molecular complexity index is 994. The van der Waals surface area contributed by atoms with Crippen molar-refractivity contribution >= 4 is 34.3 Å². The van der Waals surface area contributed by atoms with E-state index in [1.807, 2.05) is 49.8 Å². The van der Waals surface area contributed by atoms with Crippen molar-refractivity contribution in [3.63, 3.8) is 0 Å². The summed E-state index contributed by atoms with van der Waals surface area (Å²) in [6.07, 6.45) is 0. The third kappa shape index (κ3) is 4.41. The predicted molar refractivity (Wildman–Crippen MR) is 121 cm³/mol. The van der Waals surface area contributed by atoms with E-state index >= 15 is 0 Å². The maximum Gasteiger partial charge on any atom is 0.275 e. The number of para-hydroxylation sites is 2. The highest BCUT2D eigenvalue weighted by Crippen LogP contribution is 2.29. The zero-order chi connectivity index (χ0) is 20.2. The fourth-order valence-electron chi connectivity index (χ4n) is 3.37. The van der Waals surface area contributed by atoms with Crippen LogP contribution in [0.1, 0.15) is 10.5 Å². The van der Waals surface area contributed by atoms with E-state index < -0.39 is 0 Å². The van der Waals surface area contributed by atoms with Gasteiger partial charge in [-0.2, -0.15) is 0 Å². The molecule has 7 heteroatoms. The number of aromatic nitrogens is 1. The first-order valence-corrected chi connectivity index (χ1v) is 10.6.